The molecule has 2 unspecified atom stereocenters. The molecular formula is C24H39N3O5S. The summed E-state index contributed by atoms with van der Waals surface area (Å²) < 4.78 is 5.34. The molecule has 1 rings (SSSR count). The standard InChI is InChI=1S/C24H39N3O5S/c1-16(2)25-21(29)20(18-10-8-17(3)9-11-18)27(13-14-28)22(30)19(12-15-33-7)26-23(31)32-24(4,5)6/h8-11,16,19-20,28H,12-15H2,1-7H3,(H,25,29)(H,26,31). The van der Waals surface area contributed by atoms with E-state index in [0.29, 0.717) is 17.7 Å². The first-order valence-corrected chi connectivity index (χ1v) is 12.6. The summed E-state index contributed by atoms with van der Waals surface area (Å²) in [5.74, 6) is -0.183. The van der Waals surface area contributed by atoms with E-state index in [1.165, 1.54) is 4.90 Å². The Hall–Kier alpha value is -2.26. The van der Waals surface area contributed by atoms with Crippen LogP contribution in [0.15, 0.2) is 24.3 Å². The molecule has 3 amide bonds. The van der Waals surface area contributed by atoms with E-state index in [2.05, 4.69) is 10.6 Å². The quantitative estimate of drug-likeness (QED) is 0.448. The maximum Gasteiger partial charge on any atom is 0.408 e. The zero-order chi connectivity index (χ0) is 25.2. The maximum absolute atomic E-state index is 13.7. The van der Waals surface area contributed by atoms with Crippen molar-refractivity contribution >= 4 is 29.7 Å². The summed E-state index contributed by atoms with van der Waals surface area (Å²) in [6.07, 6.45) is 1.56. The zero-order valence-electron chi connectivity index (χ0n) is 20.8. The number of carbonyl (C=O) groups is 3. The normalized spacial score (nSPS) is 13.2. The predicted molar refractivity (Wildman–Crippen MR) is 132 cm³/mol. The Morgan fingerprint density at radius 1 is 1.12 bits per heavy atom. The summed E-state index contributed by atoms with van der Waals surface area (Å²) in [5, 5.41) is 15.3. The number of benzene rings is 1. The molecule has 0 saturated carbocycles. The van der Waals surface area contributed by atoms with Gasteiger partial charge in [-0.2, -0.15) is 11.8 Å². The van der Waals surface area contributed by atoms with Crippen molar-refractivity contribution in [2.45, 2.75) is 71.7 Å². The highest BCUT2D eigenvalue weighted by Crippen LogP contribution is 2.24. The summed E-state index contributed by atoms with van der Waals surface area (Å²) >= 11 is 1.54. The molecule has 0 spiro atoms. The molecule has 0 radical (unpaired) electrons. The molecule has 3 N–H and O–H groups in total. The van der Waals surface area contributed by atoms with Crippen LogP contribution >= 0.6 is 11.8 Å². The van der Waals surface area contributed by atoms with Crippen LogP contribution in [0.25, 0.3) is 0 Å². The van der Waals surface area contributed by atoms with Gasteiger partial charge in [-0.15, -0.1) is 0 Å². The van der Waals surface area contributed by atoms with E-state index in [4.69, 9.17) is 4.74 Å². The van der Waals surface area contributed by atoms with Crippen LogP contribution in [0.4, 0.5) is 4.79 Å². The van der Waals surface area contributed by atoms with Gasteiger partial charge in [0.05, 0.1) is 6.61 Å². The summed E-state index contributed by atoms with van der Waals surface area (Å²) in [5.41, 5.74) is 0.927. The van der Waals surface area contributed by atoms with Crippen molar-refractivity contribution in [3.63, 3.8) is 0 Å². The third kappa shape index (κ3) is 10.0. The highest BCUT2D eigenvalue weighted by atomic mass is 32.2. The number of nitrogens with one attached hydrogen (secondary N) is 2. The smallest absolute Gasteiger partial charge is 0.408 e. The van der Waals surface area contributed by atoms with Crippen molar-refractivity contribution < 1.29 is 24.2 Å². The number of nitrogens with zero attached hydrogens (tertiary/aromatic N) is 1. The van der Waals surface area contributed by atoms with Gasteiger partial charge < -0.3 is 25.4 Å². The molecule has 33 heavy (non-hydrogen) atoms. The second-order valence-electron chi connectivity index (χ2n) is 9.21. The van der Waals surface area contributed by atoms with Crippen LogP contribution in [-0.4, -0.2) is 70.8 Å². The van der Waals surface area contributed by atoms with E-state index < -0.39 is 29.7 Å². The van der Waals surface area contributed by atoms with E-state index in [-0.39, 0.29) is 25.1 Å². The number of aryl methyl sites for hydroxylation is 1. The molecule has 0 fully saturated rings. The minimum absolute atomic E-state index is 0.0609. The average molecular weight is 482 g/mol. The van der Waals surface area contributed by atoms with Crippen LogP contribution in [0.2, 0.25) is 0 Å². The summed E-state index contributed by atoms with van der Waals surface area (Å²) in [6, 6.07) is 5.35. The molecule has 8 nitrogen and oxygen atoms in total. The number of rotatable bonds is 11. The molecule has 2 atom stereocenters. The molecule has 0 aliphatic rings. The third-order valence-electron chi connectivity index (χ3n) is 4.61. The van der Waals surface area contributed by atoms with E-state index in [1.807, 2.05) is 39.2 Å². The van der Waals surface area contributed by atoms with Crippen LogP contribution in [-0.2, 0) is 14.3 Å². The largest absolute Gasteiger partial charge is 0.444 e. The van der Waals surface area contributed by atoms with Crippen molar-refractivity contribution in [2.75, 3.05) is 25.2 Å². The first-order chi connectivity index (χ1) is 15.4. The fourth-order valence-electron chi connectivity index (χ4n) is 3.20. The molecule has 186 valence electrons. The molecule has 0 heterocycles. The van der Waals surface area contributed by atoms with Gasteiger partial charge in [0.2, 0.25) is 11.8 Å². The Kier molecular flexibility index (Phi) is 11.7. The first-order valence-electron chi connectivity index (χ1n) is 11.2. The molecular weight excluding hydrogens is 442 g/mol. The molecule has 9 heteroatoms. The molecule has 0 saturated heterocycles. The van der Waals surface area contributed by atoms with Gasteiger partial charge in [0.1, 0.15) is 17.7 Å². The van der Waals surface area contributed by atoms with Gasteiger partial charge in [0.15, 0.2) is 0 Å². The zero-order valence-corrected chi connectivity index (χ0v) is 21.6. The number of alkyl carbamates (subject to hydrolysis) is 1. The van der Waals surface area contributed by atoms with Crippen molar-refractivity contribution in [1.29, 1.82) is 0 Å². The monoisotopic (exact) mass is 481 g/mol. The van der Waals surface area contributed by atoms with Crippen LogP contribution in [0.5, 0.6) is 0 Å². The number of aliphatic hydroxyl groups is 1. The molecule has 0 aliphatic carbocycles. The Balaban J connectivity index is 3.35. The fraction of sp³-hybridized carbons (Fsp3) is 0.625. The van der Waals surface area contributed by atoms with E-state index in [0.717, 1.165) is 5.56 Å². The first kappa shape index (κ1) is 28.8. The van der Waals surface area contributed by atoms with Gasteiger partial charge in [-0.05, 0) is 65.5 Å². The molecule has 1 aromatic rings. The average Bonchev–Trinajstić information content (AvgIpc) is 2.69. The van der Waals surface area contributed by atoms with Crippen LogP contribution in [0, 0.1) is 6.92 Å². The van der Waals surface area contributed by atoms with Gasteiger partial charge >= 0.3 is 6.09 Å². The van der Waals surface area contributed by atoms with Crippen LogP contribution < -0.4 is 10.6 Å². The molecule has 0 aromatic heterocycles. The summed E-state index contributed by atoms with van der Waals surface area (Å²) in [4.78, 5) is 40.6. The highest BCUT2D eigenvalue weighted by molar-refractivity contribution is 7.98. The highest BCUT2D eigenvalue weighted by Gasteiger charge is 2.36. The topological polar surface area (TPSA) is 108 Å². The SMILES string of the molecule is CSCCC(NC(=O)OC(C)(C)C)C(=O)N(CCO)C(C(=O)NC(C)C)c1ccc(C)cc1. The van der Waals surface area contributed by atoms with E-state index >= 15 is 0 Å². The maximum atomic E-state index is 13.7. The minimum Gasteiger partial charge on any atom is -0.444 e. The Morgan fingerprint density at radius 3 is 2.21 bits per heavy atom. The van der Waals surface area contributed by atoms with Gasteiger partial charge in [0.25, 0.3) is 0 Å². The number of carbonyl (C=O) groups excluding carboxylic acids is 3. The number of ether oxygens (including phenoxy) is 1. The van der Waals surface area contributed by atoms with Crippen molar-refractivity contribution in [2.24, 2.45) is 0 Å². The minimum atomic E-state index is -0.954. The fourth-order valence-corrected chi connectivity index (χ4v) is 3.67. The lowest BCUT2D eigenvalue weighted by Crippen LogP contribution is -2.54. The summed E-state index contributed by atoms with van der Waals surface area (Å²) in [6.45, 7) is 10.5. The third-order valence-corrected chi connectivity index (χ3v) is 5.25. The lowest BCUT2D eigenvalue weighted by atomic mass is 10.0. The lowest BCUT2D eigenvalue weighted by molar-refractivity contribution is -0.143. The van der Waals surface area contributed by atoms with Gasteiger partial charge in [-0.3, -0.25) is 9.59 Å². The number of hydrogen-bond donors (Lipinski definition) is 3. The Morgan fingerprint density at radius 2 is 1.73 bits per heavy atom. The Bertz CT molecular complexity index is 777. The molecule has 1 aromatic carbocycles. The summed E-state index contributed by atoms with van der Waals surface area (Å²) in [7, 11) is 0. The van der Waals surface area contributed by atoms with E-state index in [9.17, 15) is 19.5 Å². The second kappa shape index (κ2) is 13.4. The number of thioether (sulfide) groups is 1. The van der Waals surface area contributed by atoms with Crippen molar-refractivity contribution in [1.82, 2.24) is 15.5 Å². The van der Waals surface area contributed by atoms with Gasteiger partial charge in [0, 0.05) is 12.6 Å². The van der Waals surface area contributed by atoms with Gasteiger partial charge in [-0.1, -0.05) is 29.8 Å². The molecule has 0 aliphatic heterocycles. The van der Waals surface area contributed by atoms with E-state index in [1.54, 1.807) is 44.7 Å². The van der Waals surface area contributed by atoms with Gasteiger partial charge in [-0.25, -0.2) is 4.79 Å². The number of amides is 3. The van der Waals surface area contributed by atoms with Crippen LogP contribution in [0.1, 0.15) is 58.2 Å². The number of aliphatic hydroxyl groups excluding tert-OH is 1. The predicted octanol–water partition coefficient (Wildman–Crippen LogP) is 3.03. The second-order valence-corrected chi connectivity index (χ2v) is 10.2. The van der Waals surface area contributed by atoms with Crippen molar-refractivity contribution in [3.8, 4) is 0 Å². The lowest BCUT2D eigenvalue weighted by Gasteiger charge is -2.34. The van der Waals surface area contributed by atoms with Crippen molar-refractivity contribution in [3.05, 3.63) is 35.4 Å². The Labute approximate surface area is 201 Å². The van der Waals surface area contributed by atoms with Crippen LogP contribution in [0.3, 0.4) is 0 Å². The molecule has 0 bridgehead atoms. The number of hydrogen-bond acceptors (Lipinski definition) is 6.